The van der Waals surface area contributed by atoms with Crippen LogP contribution in [-0.4, -0.2) is 22.4 Å². The van der Waals surface area contributed by atoms with Gasteiger partial charge in [-0.25, -0.2) is 4.98 Å². The van der Waals surface area contributed by atoms with E-state index < -0.39 is 0 Å². The second kappa shape index (κ2) is 8.41. The van der Waals surface area contributed by atoms with Gasteiger partial charge < -0.3 is 5.32 Å². The highest BCUT2D eigenvalue weighted by molar-refractivity contribution is 8.19. The van der Waals surface area contributed by atoms with Crippen molar-refractivity contribution >= 4 is 46.5 Å². The molecule has 0 spiro atoms. The lowest BCUT2D eigenvalue weighted by atomic mass is 10.2. The van der Waals surface area contributed by atoms with Crippen LogP contribution in [0.4, 0.5) is 5.69 Å². The van der Waals surface area contributed by atoms with Gasteiger partial charge in [0.25, 0.3) is 5.91 Å². The number of anilines is 1. The van der Waals surface area contributed by atoms with Gasteiger partial charge in [0.1, 0.15) is 4.88 Å². The van der Waals surface area contributed by atoms with Crippen molar-refractivity contribution in [2.24, 2.45) is 0 Å². The van der Waals surface area contributed by atoms with Crippen molar-refractivity contribution in [1.29, 1.82) is 0 Å². The van der Waals surface area contributed by atoms with Gasteiger partial charge in [0, 0.05) is 17.2 Å². The number of aromatic nitrogens is 1. The van der Waals surface area contributed by atoms with Crippen LogP contribution < -0.4 is 5.32 Å². The normalized spacial score (nSPS) is 14.9. The zero-order valence-corrected chi connectivity index (χ0v) is 16.5. The molecule has 2 aromatic rings. The van der Waals surface area contributed by atoms with Gasteiger partial charge in [-0.05, 0) is 37.5 Å². The van der Waals surface area contributed by atoms with Crippen LogP contribution in [0.15, 0.2) is 24.3 Å². The number of unbranched alkanes of at least 4 members (excludes halogenated alkanes) is 1. The van der Waals surface area contributed by atoms with Gasteiger partial charge in [0.05, 0.1) is 15.3 Å². The molecule has 1 saturated heterocycles. The zero-order chi connectivity index (χ0) is 16.9. The highest BCUT2D eigenvalue weighted by Crippen LogP contribution is 2.45. The lowest BCUT2D eigenvalue weighted by Crippen LogP contribution is -2.11. The Morgan fingerprint density at radius 1 is 1.33 bits per heavy atom. The van der Waals surface area contributed by atoms with E-state index in [0.717, 1.165) is 40.5 Å². The predicted molar refractivity (Wildman–Crippen MR) is 108 cm³/mol. The number of thioether (sulfide) groups is 2. The van der Waals surface area contributed by atoms with Crippen molar-refractivity contribution < 1.29 is 4.79 Å². The highest BCUT2D eigenvalue weighted by atomic mass is 32.2. The summed E-state index contributed by atoms with van der Waals surface area (Å²) in [6.07, 6.45) is 3.22. The first-order chi connectivity index (χ1) is 11.7. The molecule has 1 aliphatic heterocycles. The summed E-state index contributed by atoms with van der Waals surface area (Å²) in [5.41, 5.74) is 2.99. The summed E-state index contributed by atoms with van der Waals surface area (Å²) in [5.74, 6) is 2.36. The maximum absolute atomic E-state index is 12.6. The summed E-state index contributed by atoms with van der Waals surface area (Å²) in [7, 11) is 0. The minimum Gasteiger partial charge on any atom is -0.321 e. The molecule has 3 nitrogen and oxygen atoms in total. The zero-order valence-electron chi connectivity index (χ0n) is 14.0. The maximum atomic E-state index is 12.6. The van der Waals surface area contributed by atoms with Crippen LogP contribution in [-0.2, 0) is 6.42 Å². The third kappa shape index (κ3) is 4.35. The third-order valence-corrected chi connectivity index (χ3v) is 8.15. The SMILES string of the molecule is CCCCc1nc(C)c(C(=O)Nc2cccc(C3SCCS3)c2)s1. The van der Waals surface area contributed by atoms with E-state index in [9.17, 15) is 4.79 Å². The molecule has 0 saturated carbocycles. The Bertz CT molecular complexity index is 708. The molecular formula is C18H22N2OS3. The number of nitrogens with one attached hydrogen (secondary N) is 1. The fourth-order valence-electron chi connectivity index (χ4n) is 2.60. The molecule has 1 fully saturated rings. The molecule has 24 heavy (non-hydrogen) atoms. The third-order valence-electron chi connectivity index (χ3n) is 3.83. The predicted octanol–water partition coefficient (Wildman–Crippen LogP) is 5.53. The first kappa shape index (κ1) is 17.8. The second-order valence-electron chi connectivity index (χ2n) is 5.78. The Morgan fingerprint density at radius 3 is 2.88 bits per heavy atom. The summed E-state index contributed by atoms with van der Waals surface area (Å²) in [6, 6.07) is 8.23. The summed E-state index contributed by atoms with van der Waals surface area (Å²) < 4.78 is 0.493. The number of rotatable bonds is 6. The molecule has 1 aromatic carbocycles. The van der Waals surface area contributed by atoms with E-state index in [2.05, 4.69) is 29.4 Å². The first-order valence-electron chi connectivity index (χ1n) is 8.28. The summed E-state index contributed by atoms with van der Waals surface area (Å²) in [6.45, 7) is 4.09. The monoisotopic (exact) mass is 378 g/mol. The lowest BCUT2D eigenvalue weighted by Gasteiger charge is -2.11. The second-order valence-corrected chi connectivity index (χ2v) is 9.59. The number of carbonyl (C=O) groups excluding carboxylic acids is 1. The summed E-state index contributed by atoms with van der Waals surface area (Å²) in [5, 5.41) is 4.11. The molecule has 2 heterocycles. The van der Waals surface area contributed by atoms with Crippen molar-refractivity contribution in [2.75, 3.05) is 16.8 Å². The minimum absolute atomic E-state index is 0.0448. The Kier molecular flexibility index (Phi) is 6.25. The number of carbonyl (C=O) groups is 1. The van der Waals surface area contributed by atoms with E-state index in [1.54, 1.807) is 0 Å². The number of hydrogen-bond acceptors (Lipinski definition) is 5. The largest absolute Gasteiger partial charge is 0.321 e. The number of amides is 1. The molecular weight excluding hydrogens is 356 g/mol. The smallest absolute Gasteiger partial charge is 0.267 e. The van der Waals surface area contributed by atoms with Crippen molar-refractivity contribution in [2.45, 2.75) is 37.7 Å². The number of hydrogen-bond donors (Lipinski definition) is 1. The van der Waals surface area contributed by atoms with Crippen LogP contribution in [0.2, 0.25) is 0 Å². The molecule has 3 rings (SSSR count). The summed E-state index contributed by atoms with van der Waals surface area (Å²) in [4.78, 5) is 17.9. The average molecular weight is 379 g/mol. The van der Waals surface area contributed by atoms with Crippen LogP contribution >= 0.6 is 34.9 Å². The molecule has 0 radical (unpaired) electrons. The quantitative estimate of drug-likeness (QED) is 0.718. The molecule has 0 unspecified atom stereocenters. The average Bonchev–Trinajstić information content (AvgIpc) is 3.23. The first-order valence-corrected chi connectivity index (χ1v) is 11.2. The number of nitrogens with zero attached hydrogens (tertiary/aromatic N) is 1. The lowest BCUT2D eigenvalue weighted by molar-refractivity contribution is 0.103. The molecule has 6 heteroatoms. The van der Waals surface area contributed by atoms with Crippen molar-refractivity contribution in [3.05, 3.63) is 45.4 Å². The van der Waals surface area contributed by atoms with E-state index in [1.807, 2.05) is 42.6 Å². The van der Waals surface area contributed by atoms with Gasteiger partial charge in [-0.3, -0.25) is 4.79 Å². The van der Waals surface area contributed by atoms with Crippen LogP contribution in [0, 0.1) is 6.92 Å². The van der Waals surface area contributed by atoms with Crippen LogP contribution in [0.5, 0.6) is 0 Å². The van der Waals surface area contributed by atoms with Crippen molar-refractivity contribution in [1.82, 2.24) is 4.98 Å². The van der Waals surface area contributed by atoms with E-state index in [-0.39, 0.29) is 5.91 Å². The van der Waals surface area contributed by atoms with Gasteiger partial charge in [0.2, 0.25) is 0 Å². The highest BCUT2D eigenvalue weighted by Gasteiger charge is 2.19. The minimum atomic E-state index is -0.0448. The van der Waals surface area contributed by atoms with E-state index in [1.165, 1.54) is 28.4 Å². The van der Waals surface area contributed by atoms with Crippen LogP contribution in [0.1, 0.15) is 50.3 Å². The topological polar surface area (TPSA) is 42.0 Å². The Labute approximate surface area is 156 Å². The van der Waals surface area contributed by atoms with Crippen molar-refractivity contribution in [3.8, 4) is 0 Å². The van der Waals surface area contributed by atoms with Gasteiger partial charge in [-0.2, -0.15) is 0 Å². The standard InChI is InChI=1S/C18H22N2OS3/c1-3-4-8-15-19-12(2)16(24-15)17(21)20-14-7-5-6-13(11-14)18-22-9-10-23-18/h5-7,11,18H,3-4,8-10H2,1-2H3,(H,20,21). The molecule has 1 amide bonds. The number of benzene rings is 1. The van der Waals surface area contributed by atoms with Crippen LogP contribution in [0.25, 0.3) is 0 Å². The Balaban J connectivity index is 1.70. The molecule has 0 bridgehead atoms. The van der Waals surface area contributed by atoms with E-state index >= 15 is 0 Å². The molecule has 1 N–H and O–H groups in total. The fraction of sp³-hybridized carbons (Fsp3) is 0.444. The van der Waals surface area contributed by atoms with E-state index in [4.69, 9.17) is 0 Å². The van der Waals surface area contributed by atoms with E-state index in [0.29, 0.717) is 4.58 Å². The molecule has 0 aliphatic carbocycles. The van der Waals surface area contributed by atoms with Gasteiger partial charge in [-0.15, -0.1) is 34.9 Å². The van der Waals surface area contributed by atoms with Gasteiger partial charge in [0.15, 0.2) is 0 Å². The Morgan fingerprint density at radius 2 is 2.12 bits per heavy atom. The van der Waals surface area contributed by atoms with Crippen LogP contribution in [0.3, 0.4) is 0 Å². The summed E-state index contributed by atoms with van der Waals surface area (Å²) >= 11 is 5.48. The van der Waals surface area contributed by atoms with Gasteiger partial charge in [-0.1, -0.05) is 25.5 Å². The molecule has 1 aliphatic rings. The number of aryl methyl sites for hydroxylation is 2. The number of thiazole rings is 1. The maximum Gasteiger partial charge on any atom is 0.267 e. The molecule has 0 atom stereocenters. The van der Waals surface area contributed by atoms with Gasteiger partial charge >= 0.3 is 0 Å². The molecule has 128 valence electrons. The van der Waals surface area contributed by atoms with Crippen molar-refractivity contribution in [3.63, 3.8) is 0 Å². The fourth-order valence-corrected chi connectivity index (χ4v) is 6.44. The Hall–Kier alpha value is -0.980. The molecule has 1 aromatic heterocycles.